The number of carbonyl (C=O) groups is 1. The van der Waals surface area contributed by atoms with Gasteiger partial charge in [-0.3, -0.25) is 0 Å². The summed E-state index contributed by atoms with van der Waals surface area (Å²) in [5, 5.41) is 0. The van der Waals surface area contributed by atoms with Crippen LogP contribution in [0, 0.1) is 0 Å². The second-order valence-electron chi connectivity index (χ2n) is 5.43. The van der Waals surface area contributed by atoms with E-state index in [9.17, 15) is 13.2 Å². The van der Waals surface area contributed by atoms with Gasteiger partial charge in [0.2, 0.25) is 10.0 Å². The maximum Gasteiger partial charge on any atom is 0.328 e. The zero-order chi connectivity index (χ0) is 16.3. The van der Waals surface area contributed by atoms with Crippen molar-refractivity contribution < 1.29 is 22.7 Å². The second kappa shape index (κ2) is 6.44. The minimum Gasteiger partial charge on any atom is -0.496 e. The van der Waals surface area contributed by atoms with Gasteiger partial charge in [-0.1, -0.05) is 18.2 Å². The first-order valence-electron chi connectivity index (χ1n) is 6.36. The van der Waals surface area contributed by atoms with Gasteiger partial charge in [-0.05, 0) is 26.8 Å². The lowest BCUT2D eigenvalue weighted by Gasteiger charge is -2.25. The van der Waals surface area contributed by atoms with Gasteiger partial charge in [0.05, 0.1) is 19.0 Å². The van der Waals surface area contributed by atoms with Gasteiger partial charge in [0.1, 0.15) is 11.8 Å². The number of hydrogen-bond donors (Lipinski definition) is 1. The van der Waals surface area contributed by atoms with Crippen molar-refractivity contribution in [3.05, 3.63) is 29.8 Å². The van der Waals surface area contributed by atoms with E-state index in [2.05, 4.69) is 4.72 Å². The molecule has 0 radical (unpaired) electrons. The van der Waals surface area contributed by atoms with Gasteiger partial charge in [0, 0.05) is 5.56 Å². The fourth-order valence-corrected chi connectivity index (χ4v) is 2.48. The second-order valence-corrected chi connectivity index (χ2v) is 7.90. The summed E-state index contributed by atoms with van der Waals surface area (Å²) in [7, 11) is -1.08. The van der Waals surface area contributed by atoms with Crippen LogP contribution in [-0.4, -0.2) is 33.4 Å². The third kappa shape index (κ3) is 3.95. The van der Waals surface area contributed by atoms with E-state index in [1.807, 2.05) is 0 Å². The van der Waals surface area contributed by atoms with Crippen molar-refractivity contribution in [3.8, 4) is 5.75 Å². The van der Waals surface area contributed by atoms with E-state index >= 15 is 0 Å². The smallest absolute Gasteiger partial charge is 0.328 e. The van der Waals surface area contributed by atoms with Gasteiger partial charge in [-0.15, -0.1) is 0 Å². The summed E-state index contributed by atoms with van der Waals surface area (Å²) < 4.78 is 35.8. The standard InChI is InChI=1S/C14H21NO5S/c1-14(2,3)21(17,18)15-12(13(16)20-5)10-8-6-7-9-11(10)19-4/h6-9,12,15H,1-5H3. The van der Waals surface area contributed by atoms with Gasteiger partial charge in [-0.2, -0.15) is 4.72 Å². The third-order valence-corrected chi connectivity index (χ3v) is 5.12. The Labute approximate surface area is 125 Å². The molecule has 0 aliphatic carbocycles. The van der Waals surface area contributed by atoms with Crippen LogP contribution in [0.4, 0.5) is 0 Å². The summed E-state index contributed by atoms with van der Waals surface area (Å²) in [6, 6.07) is 5.53. The predicted octanol–water partition coefficient (Wildman–Crippen LogP) is 1.63. The molecule has 118 valence electrons. The van der Waals surface area contributed by atoms with Gasteiger partial charge >= 0.3 is 5.97 Å². The molecule has 0 saturated heterocycles. The number of carbonyl (C=O) groups excluding carboxylic acids is 1. The number of benzene rings is 1. The molecule has 0 bridgehead atoms. The van der Waals surface area contributed by atoms with E-state index < -0.39 is 26.8 Å². The SMILES string of the molecule is COC(=O)C(NS(=O)(=O)C(C)(C)C)c1ccccc1OC. The average Bonchev–Trinajstić information content (AvgIpc) is 2.42. The third-order valence-electron chi connectivity index (χ3n) is 2.97. The summed E-state index contributed by atoms with van der Waals surface area (Å²) in [5.74, 6) is -0.295. The first-order chi connectivity index (χ1) is 9.64. The van der Waals surface area contributed by atoms with E-state index in [0.717, 1.165) is 0 Å². The molecule has 0 aliphatic heterocycles. The summed E-state index contributed by atoms with van der Waals surface area (Å²) in [5.41, 5.74) is 0.402. The van der Waals surface area contributed by atoms with Crippen LogP contribution in [0.1, 0.15) is 32.4 Å². The van der Waals surface area contributed by atoms with Crippen LogP contribution >= 0.6 is 0 Å². The highest BCUT2D eigenvalue weighted by Gasteiger charge is 2.36. The lowest BCUT2D eigenvalue weighted by Crippen LogP contribution is -2.43. The van der Waals surface area contributed by atoms with Crippen LogP contribution in [-0.2, 0) is 19.6 Å². The Hall–Kier alpha value is -1.60. The van der Waals surface area contributed by atoms with Crippen molar-refractivity contribution in [1.29, 1.82) is 0 Å². The molecule has 0 saturated carbocycles. The Kier molecular flexibility index (Phi) is 5.36. The van der Waals surface area contributed by atoms with Gasteiger partial charge in [0.25, 0.3) is 0 Å². The lowest BCUT2D eigenvalue weighted by atomic mass is 10.1. The molecule has 1 atom stereocenters. The topological polar surface area (TPSA) is 81.7 Å². The van der Waals surface area contributed by atoms with Crippen molar-refractivity contribution in [2.75, 3.05) is 14.2 Å². The molecule has 6 nitrogen and oxygen atoms in total. The highest BCUT2D eigenvalue weighted by molar-refractivity contribution is 7.90. The van der Waals surface area contributed by atoms with Gasteiger partial charge in [-0.25, -0.2) is 13.2 Å². The molecule has 7 heteroatoms. The number of para-hydroxylation sites is 1. The molecule has 21 heavy (non-hydrogen) atoms. The Balaban J connectivity index is 3.29. The Bertz CT molecular complexity index is 604. The maximum atomic E-state index is 12.3. The summed E-state index contributed by atoms with van der Waals surface area (Å²) in [6.45, 7) is 4.64. The molecule has 1 N–H and O–H groups in total. The summed E-state index contributed by atoms with van der Waals surface area (Å²) >= 11 is 0. The molecule has 0 fully saturated rings. The number of esters is 1. The average molecular weight is 315 g/mol. The minimum atomic E-state index is -3.73. The van der Waals surface area contributed by atoms with E-state index in [1.54, 1.807) is 45.0 Å². The first kappa shape index (κ1) is 17.5. The number of rotatable bonds is 5. The number of nitrogens with one attached hydrogen (secondary N) is 1. The zero-order valence-electron chi connectivity index (χ0n) is 12.8. The molecule has 0 aromatic heterocycles. The van der Waals surface area contributed by atoms with Gasteiger partial charge in [0.15, 0.2) is 0 Å². The molecule has 1 unspecified atom stereocenters. The van der Waals surface area contributed by atoms with Crippen molar-refractivity contribution in [2.45, 2.75) is 31.6 Å². The van der Waals surface area contributed by atoms with Crippen LogP contribution in [0.2, 0.25) is 0 Å². The number of sulfonamides is 1. The molecular formula is C14H21NO5S. The fraction of sp³-hybridized carbons (Fsp3) is 0.500. The molecule has 0 heterocycles. The monoisotopic (exact) mass is 315 g/mol. The fourth-order valence-electron chi connectivity index (χ4n) is 1.59. The van der Waals surface area contributed by atoms with E-state index in [1.165, 1.54) is 14.2 Å². The molecule has 0 aliphatic rings. The van der Waals surface area contributed by atoms with Crippen LogP contribution in [0.5, 0.6) is 5.75 Å². The first-order valence-corrected chi connectivity index (χ1v) is 7.85. The van der Waals surface area contributed by atoms with Crippen LogP contribution in [0.25, 0.3) is 0 Å². The quantitative estimate of drug-likeness (QED) is 0.835. The van der Waals surface area contributed by atoms with Crippen LogP contribution in [0.3, 0.4) is 0 Å². The summed E-state index contributed by atoms with van der Waals surface area (Å²) in [6.07, 6.45) is 0. The predicted molar refractivity (Wildman–Crippen MR) is 79.6 cm³/mol. The number of hydrogen-bond acceptors (Lipinski definition) is 5. The van der Waals surface area contributed by atoms with Crippen molar-refractivity contribution in [3.63, 3.8) is 0 Å². The summed E-state index contributed by atoms with van der Waals surface area (Å²) in [4.78, 5) is 12.0. The maximum absolute atomic E-state index is 12.3. The van der Waals surface area contributed by atoms with E-state index in [0.29, 0.717) is 11.3 Å². The van der Waals surface area contributed by atoms with Crippen molar-refractivity contribution in [2.24, 2.45) is 0 Å². The van der Waals surface area contributed by atoms with Crippen LogP contribution in [0.15, 0.2) is 24.3 Å². The largest absolute Gasteiger partial charge is 0.496 e. The molecule has 1 aromatic rings. The van der Waals surface area contributed by atoms with Crippen LogP contribution < -0.4 is 9.46 Å². The van der Waals surface area contributed by atoms with Gasteiger partial charge < -0.3 is 9.47 Å². The Morgan fingerprint density at radius 1 is 1.19 bits per heavy atom. The Morgan fingerprint density at radius 3 is 2.24 bits per heavy atom. The zero-order valence-corrected chi connectivity index (χ0v) is 13.7. The lowest BCUT2D eigenvalue weighted by molar-refractivity contribution is -0.142. The number of ether oxygens (including phenoxy) is 2. The Morgan fingerprint density at radius 2 is 1.76 bits per heavy atom. The molecule has 1 rings (SSSR count). The minimum absolute atomic E-state index is 0.402. The molecule has 1 aromatic carbocycles. The van der Waals surface area contributed by atoms with Crippen molar-refractivity contribution in [1.82, 2.24) is 4.72 Å². The molecule has 0 spiro atoms. The number of methoxy groups -OCH3 is 2. The van der Waals surface area contributed by atoms with Crippen molar-refractivity contribution >= 4 is 16.0 Å². The normalized spacial score (nSPS) is 13.6. The van der Waals surface area contributed by atoms with E-state index in [4.69, 9.17) is 9.47 Å². The molecular weight excluding hydrogens is 294 g/mol. The highest BCUT2D eigenvalue weighted by atomic mass is 32.2. The highest BCUT2D eigenvalue weighted by Crippen LogP contribution is 2.28. The molecule has 0 amide bonds. The van der Waals surface area contributed by atoms with E-state index in [-0.39, 0.29) is 0 Å².